The first-order valence-corrected chi connectivity index (χ1v) is 7.59. The molecular weight excluding hydrogens is 300 g/mol. The number of amides is 2. The maximum atomic E-state index is 12.3. The predicted octanol–water partition coefficient (Wildman–Crippen LogP) is 2.35. The molecule has 1 atom stereocenters. The van der Waals surface area contributed by atoms with E-state index in [4.69, 9.17) is 16.7 Å². The van der Waals surface area contributed by atoms with Crippen molar-refractivity contribution < 1.29 is 14.7 Å². The van der Waals surface area contributed by atoms with Gasteiger partial charge < -0.3 is 14.9 Å². The second-order valence-electron chi connectivity index (χ2n) is 4.55. The van der Waals surface area contributed by atoms with Crippen LogP contribution < -0.4 is 0 Å². The van der Waals surface area contributed by atoms with Crippen LogP contribution in [0.1, 0.15) is 5.56 Å². The fourth-order valence-corrected chi connectivity index (χ4v) is 3.34. The first kappa shape index (κ1) is 15.0. The summed E-state index contributed by atoms with van der Waals surface area (Å²) in [5.74, 6) is -0.126. The van der Waals surface area contributed by atoms with Crippen LogP contribution in [0.3, 0.4) is 0 Å². The van der Waals surface area contributed by atoms with E-state index in [1.165, 1.54) is 21.6 Å². The second-order valence-corrected chi connectivity index (χ2v) is 5.96. The largest absolute Gasteiger partial charge is 0.480 e. The van der Waals surface area contributed by atoms with Gasteiger partial charge in [0.25, 0.3) is 0 Å². The highest BCUT2D eigenvalue weighted by atomic mass is 35.5. The van der Waals surface area contributed by atoms with Crippen LogP contribution in [0.2, 0.25) is 5.02 Å². The Morgan fingerprint density at radius 2 is 2.20 bits per heavy atom. The molecule has 1 aliphatic rings. The average Bonchev–Trinajstić information content (AvgIpc) is 2.89. The zero-order valence-corrected chi connectivity index (χ0v) is 12.5. The molecule has 1 unspecified atom stereocenters. The number of benzene rings is 1. The lowest BCUT2D eigenvalue weighted by Gasteiger charge is -2.27. The molecular formula is C13H15ClN2O3S. The molecule has 1 N–H and O–H groups in total. The van der Waals surface area contributed by atoms with Gasteiger partial charge in [0, 0.05) is 24.4 Å². The first-order chi connectivity index (χ1) is 9.50. The summed E-state index contributed by atoms with van der Waals surface area (Å²) < 4.78 is 0. The molecule has 0 spiro atoms. The third-order valence-corrected chi connectivity index (χ3v) is 4.49. The molecule has 0 aliphatic carbocycles. The van der Waals surface area contributed by atoms with Crippen LogP contribution in [0.5, 0.6) is 0 Å². The van der Waals surface area contributed by atoms with Crippen LogP contribution in [-0.2, 0) is 11.3 Å². The SMILES string of the molecule is CN(Cc1ccccc1Cl)C(=O)N1CSCC1C(=O)O. The summed E-state index contributed by atoms with van der Waals surface area (Å²) in [5.41, 5.74) is 0.837. The van der Waals surface area contributed by atoms with Crippen LogP contribution in [0, 0.1) is 0 Å². The number of hydrogen-bond donors (Lipinski definition) is 1. The summed E-state index contributed by atoms with van der Waals surface area (Å²) in [6.45, 7) is 0.353. The van der Waals surface area contributed by atoms with E-state index >= 15 is 0 Å². The Balaban J connectivity index is 2.05. The van der Waals surface area contributed by atoms with Crippen molar-refractivity contribution in [1.82, 2.24) is 9.80 Å². The van der Waals surface area contributed by atoms with Crippen LogP contribution >= 0.6 is 23.4 Å². The molecule has 1 aliphatic heterocycles. The van der Waals surface area contributed by atoms with Crippen molar-refractivity contribution in [1.29, 1.82) is 0 Å². The van der Waals surface area contributed by atoms with Gasteiger partial charge in [-0.25, -0.2) is 9.59 Å². The van der Waals surface area contributed by atoms with Gasteiger partial charge in [0.15, 0.2) is 0 Å². The molecule has 5 nitrogen and oxygen atoms in total. The Hall–Kier alpha value is -1.40. The fourth-order valence-electron chi connectivity index (χ4n) is 2.00. The van der Waals surface area contributed by atoms with Crippen molar-refractivity contribution >= 4 is 35.4 Å². The topological polar surface area (TPSA) is 60.9 Å². The lowest BCUT2D eigenvalue weighted by molar-refractivity contribution is -0.140. The Kier molecular flexibility index (Phi) is 4.77. The Morgan fingerprint density at radius 3 is 2.85 bits per heavy atom. The Morgan fingerprint density at radius 1 is 1.50 bits per heavy atom. The normalized spacial score (nSPS) is 18.1. The number of thioether (sulfide) groups is 1. The lowest BCUT2D eigenvalue weighted by Crippen LogP contribution is -2.47. The van der Waals surface area contributed by atoms with Crippen LogP contribution in [0.25, 0.3) is 0 Å². The van der Waals surface area contributed by atoms with Crippen LogP contribution in [-0.4, -0.2) is 51.6 Å². The molecule has 2 amide bonds. The van der Waals surface area contributed by atoms with Gasteiger partial charge in [-0.15, -0.1) is 11.8 Å². The highest BCUT2D eigenvalue weighted by Gasteiger charge is 2.35. The van der Waals surface area contributed by atoms with Gasteiger partial charge in [-0.2, -0.15) is 0 Å². The number of carboxylic acids is 1. The minimum atomic E-state index is -0.963. The number of hydrogen-bond acceptors (Lipinski definition) is 3. The van der Waals surface area contributed by atoms with Gasteiger partial charge in [0.05, 0.1) is 5.88 Å². The summed E-state index contributed by atoms with van der Waals surface area (Å²) in [6.07, 6.45) is 0. The minimum absolute atomic E-state index is 0.290. The third kappa shape index (κ3) is 3.19. The maximum absolute atomic E-state index is 12.3. The molecule has 1 fully saturated rings. The van der Waals surface area contributed by atoms with Crippen molar-refractivity contribution in [2.24, 2.45) is 0 Å². The summed E-state index contributed by atoms with van der Waals surface area (Å²) >= 11 is 7.51. The molecule has 0 saturated carbocycles. The number of urea groups is 1. The number of aliphatic carboxylic acids is 1. The first-order valence-electron chi connectivity index (χ1n) is 6.06. The van der Waals surface area contributed by atoms with Crippen LogP contribution in [0.4, 0.5) is 4.79 Å². The summed E-state index contributed by atoms with van der Waals surface area (Å²) in [6, 6.07) is 6.25. The monoisotopic (exact) mass is 314 g/mol. The quantitative estimate of drug-likeness (QED) is 0.930. The van der Waals surface area contributed by atoms with Gasteiger partial charge in [-0.1, -0.05) is 29.8 Å². The molecule has 0 radical (unpaired) electrons. The number of carbonyl (C=O) groups excluding carboxylic acids is 1. The zero-order valence-electron chi connectivity index (χ0n) is 11.0. The molecule has 1 heterocycles. The van der Waals surface area contributed by atoms with E-state index in [9.17, 15) is 9.59 Å². The van der Waals surface area contributed by atoms with E-state index in [2.05, 4.69) is 0 Å². The molecule has 1 saturated heterocycles. The van der Waals surface area contributed by atoms with Crippen molar-refractivity contribution in [3.05, 3.63) is 34.9 Å². The Labute approximate surface area is 126 Å². The summed E-state index contributed by atoms with van der Waals surface area (Å²) in [7, 11) is 1.65. The number of carboxylic acid groups (broad SMARTS) is 1. The molecule has 0 aromatic heterocycles. The summed E-state index contributed by atoms with van der Waals surface area (Å²) in [5, 5.41) is 9.70. The van der Waals surface area contributed by atoms with Gasteiger partial charge in [-0.05, 0) is 11.6 Å². The van der Waals surface area contributed by atoms with E-state index in [1.54, 1.807) is 13.1 Å². The average molecular weight is 315 g/mol. The van der Waals surface area contributed by atoms with Gasteiger partial charge in [-0.3, -0.25) is 0 Å². The van der Waals surface area contributed by atoms with Crippen molar-refractivity contribution in [3.63, 3.8) is 0 Å². The highest BCUT2D eigenvalue weighted by Crippen LogP contribution is 2.23. The number of halogens is 1. The van der Waals surface area contributed by atoms with E-state index in [1.807, 2.05) is 18.2 Å². The second kappa shape index (κ2) is 6.37. The zero-order chi connectivity index (χ0) is 14.7. The van der Waals surface area contributed by atoms with Crippen LogP contribution in [0.15, 0.2) is 24.3 Å². The predicted molar refractivity (Wildman–Crippen MR) is 78.9 cm³/mol. The third-order valence-electron chi connectivity index (χ3n) is 3.10. The standard InChI is InChI=1S/C13H15ClN2O3S/c1-15(6-9-4-2-3-5-10(9)14)13(19)16-8-20-7-11(16)12(17)18/h2-5,11H,6-8H2,1H3,(H,17,18). The number of nitrogens with zero attached hydrogens (tertiary/aromatic N) is 2. The molecule has 1 aromatic carbocycles. The van der Waals surface area contributed by atoms with Crippen molar-refractivity contribution in [2.75, 3.05) is 18.7 Å². The van der Waals surface area contributed by atoms with E-state index < -0.39 is 12.0 Å². The highest BCUT2D eigenvalue weighted by molar-refractivity contribution is 7.99. The minimum Gasteiger partial charge on any atom is -0.480 e. The molecule has 0 bridgehead atoms. The lowest BCUT2D eigenvalue weighted by atomic mass is 10.2. The smallest absolute Gasteiger partial charge is 0.327 e. The maximum Gasteiger partial charge on any atom is 0.327 e. The fraction of sp³-hybridized carbons (Fsp3) is 0.385. The van der Waals surface area contributed by atoms with E-state index in [0.29, 0.717) is 23.2 Å². The van der Waals surface area contributed by atoms with E-state index in [0.717, 1.165) is 5.56 Å². The molecule has 108 valence electrons. The summed E-state index contributed by atoms with van der Waals surface area (Å²) in [4.78, 5) is 26.3. The molecule has 2 rings (SSSR count). The number of rotatable bonds is 3. The van der Waals surface area contributed by atoms with Gasteiger partial charge in [0.1, 0.15) is 6.04 Å². The van der Waals surface area contributed by atoms with Gasteiger partial charge >= 0.3 is 12.0 Å². The van der Waals surface area contributed by atoms with Gasteiger partial charge in [0.2, 0.25) is 0 Å². The van der Waals surface area contributed by atoms with Crippen molar-refractivity contribution in [3.8, 4) is 0 Å². The molecule has 20 heavy (non-hydrogen) atoms. The molecule has 1 aromatic rings. The Bertz CT molecular complexity index is 526. The van der Waals surface area contributed by atoms with Crippen molar-refractivity contribution in [2.45, 2.75) is 12.6 Å². The molecule has 7 heteroatoms. The number of carbonyl (C=O) groups is 2. The van der Waals surface area contributed by atoms with E-state index in [-0.39, 0.29) is 6.03 Å².